The van der Waals surface area contributed by atoms with Crippen LogP contribution in [-0.4, -0.2) is 41.8 Å². The summed E-state index contributed by atoms with van der Waals surface area (Å²) in [5.41, 5.74) is 0. The molecule has 0 aromatic rings. The summed E-state index contributed by atoms with van der Waals surface area (Å²) in [5.74, 6) is 0.567. The number of amides is 2. The van der Waals surface area contributed by atoms with Crippen molar-refractivity contribution in [3.05, 3.63) is 0 Å². The molecule has 0 radical (unpaired) electrons. The van der Waals surface area contributed by atoms with E-state index in [4.69, 9.17) is 0 Å². The molecule has 1 fully saturated rings. The van der Waals surface area contributed by atoms with E-state index in [0.29, 0.717) is 18.5 Å². The summed E-state index contributed by atoms with van der Waals surface area (Å²) in [5, 5.41) is 12.3. The molecule has 0 spiro atoms. The minimum atomic E-state index is -0.473. The number of hydrogen-bond acceptors (Lipinski definition) is 2. The Balaban J connectivity index is 2.37. The molecule has 1 aliphatic carbocycles. The van der Waals surface area contributed by atoms with Gasteiger partial charge in [-0.05, 0) is 25.7 Å². The van der Waals surface area contributed by atoms with Crippen LogP contribution in [0.15, 0.2) is 0 Å². The normalized spacial score (nSPS) is 27.2. The molecule has 3 unspecified atom stereocenters. The van der Waals surface area contributed by atoms with Crippen LogP contribution in [-0.2, 0) is 0 Å². The summed E-state index contributed by atoms with van der Waals surface area (Å²) in [7, 11) is 1.72. The van der Waals surface area contributed by atoms with Crippen molar-refractivity contribution in [1.29, 1.82) is 0 Å². The average Bonchev–Trinajstić information content (AvgIpc) is 2.20. The number of aliphatic hydroxyl groups excluding tert-OH is 1. The predicted molar refractivity (Wildman–Crippen MR) is 64.3 cm³/mol. The summed E-state index contributed by atoms with van der Waals surface area (Å²) in [6.45, 7) is 4.26. The first kappa shape index (κ1) is 13.3. The minimum absolute atomic E-state index is 0.0698. The van der Waals surface area contributed by atoms with Gasteiger partial charge in [-0.15, -0.1) is 0 Å². The fraction of sp³-hybridized carbons (Fsp3) is 0.917. The molecule has 0 heterocycles. The molecule has 1 rings (SSSR count). The van der Waals surface area contributed by atoms with Crippen molar-refractivity contribution >= 4 is 6.03 Å². The van der Waals surface area contributed by atoms with Gasteiger partial charge in [-0.25, -0.2) is 4.79 Å². The van der Waals surface area contributed by atoms with Gasteiger partial charge < -0.3 is 15.3 Å². The summed E-state index contributed by atoms with van der Waals surface area (Å²) < 4.78 is 0. The summed E-state index contributed by atoms with van der Waals surface area (Å²) in [4.78, 5) is 13.3. The van der Waals surface area contributed by atoms with Crippen LogP contribution in [0.2, 0.25) is 0 Å². The fourth-order valence-electron chi connectivity index (χ4n) is 2.28. The Morgan fingerprint density at radius 1 is 1.50 bits per heavy atom. The number of nitrogens with one attached hydrogen (secondary N) is 1. The maximum atomic E-state index is 11.8. The third kappa shape index (κ3) is 4.00. The first-order chi connectivity index (χ1) is 7.50. The maximum absolute atomic E-state index is 11.8. The molecular weight excluding hydrogens is 204 g/mol. The number of carbonyl (C=O) groups excluding carboxylic acids is 1. The topological polar surface area (TPSA) is 52.6 Å². The third-order valence-corrected chi connectivity index (χ3v) is 3.31. The van der Waals surface area contributed by atoms with Crippen molar-refractivity contribution in [2.45, 2.75) is 51.7 Å². The van der Waals surface area contributed by atoms with Crippen molar-refractivity contribution in [3.8, 4) is 0 Å². The highest BCUT2D eigenvalue weighted by molar-refractivity contribution is 5.74. The predicted octanol–water partition coefficient (Wildman–Crippen LogP) is 1.59. The Bertz CT molecular complexity index is 231. The second kappa shape index (κ2) is 6.09. The lowest BCUT2D eigenvalue weighted by atomic mass is 9.86. The molecule has 0 aromatic heterocycles. The van der Waals surface area contributed by atoms with E-state index in [2.05, 4.69) is 12.2 Å². The van der Waals surface area contributed by atoms with E-state index in [0.717, 1.165) is 6.42 Å². The van der Waals surface area contributed by atoms with Crippen LogP contribution >= 0.6 is 0 Å². The minimum Gasteiger partial charge on any atom is -0.392 e. The molecule has 16 heavy (non-hydrogen) atoms. The lowest BCUT2D eigenvalue weighted by Crippen LogP contribution is -2.48. The van der Waals surface area contributed by atoms with Crippen molar-refractivity contribution in [2.75, 3.05) is 13.6 Å². The van der Waals surface area contributed by atoms with E-state index in [9.17, 15) is 9.90 Å². The van der Waals surface area contributed by atoms with E-state index < -0.39 is 6.10 Å². The van der Waals surface area contributed by atoms with Gasteiger partial charge in [0.2, 0.25) is 0 Å². The zero-order chi connectivity index (χ0) is 12.1. The van der Waals surface area contributed by atoms with Gasteiger partial charge in [0.15, 0.2) is 0 Å². The SMILES string of the molecule is CC(O)CN(C)C(=O)NC1CCCCC1C. The second-order valence-electron chi connectivity index (χ2n) is 5.05. The van der Waals surface area contributed by atoms with Gasteiger partial charge in [0.25, 0.3) is 0 Å². The van der Waals surface area contributed by atoms with Gasteiger partial charge in [-0.1, -0.05) is 19.8 Å². The Morgan fingerprint density at radius 2 is 2.12 bits per heavy atom. The zero-order valence-corrected chi connectivity index (χ0v) is 10.6. The lowest BCUT2D eigenvalue weighted by molar-refractivity contribution is 0.139. The number of likely N-dealkylation sites (N-methyl/N-ethyl adjacent to an activating group) is 1. The van der Waals surface area contributed by atoms with Gasteiger partial charge in [0.1, 0.15) is 0 Å². The maximum Gasteiger partial charge on any atom is 0.317 e. The van der Waals surface area contributed by atoms with E-state index in [1.807, 2.05) is 0 Å². The summed E-state index contributed by atoms with van der Waals surface area (Å²) >= 11 is 0. The molecule has 94 valence electrons. The molecule has 1 aliphatic rings. The van der Waals surface area contributed by atoms with Gasteiger partial charge in [0.05, 0.1) is 6.10 Å². The van der Waals surface area contributed by atoms with Gasteiger partial charge in [-0.3, -0.25) is 0 Å². The molecule has 3 atom stereocenters. The van der Waals surface area contributed by atoms with Gasteiger partial charge in [0, 0.05) is 19.6 Å². The molecule has 2 N–H and O–H groups in total. The Morgan fingerprint density at radius 3 is 2.69 bits per heavy atom. The molecule has 1 saturated carbocycles. The Labute approximate surface area is 98.0 Å². The largest absolute Gasteiger partial charge is 0.392 e. The Kier molecular flexibility index (Phi) is 5.06. The molecule has 0 bridgehead atoms. The highest BCUT2D eigenvalue weighted by Gasteiger charge is 2.24. The lowest BCUT2D eigenvalue weighted by Gasteiger charge is -2.31. The zero-order valence-electron chi connectivity index (χ0n) is 10.6. The fourth-order valence-corrected chi connectivity index (χ4v) is 2.28. The first-order valence-corrected chi connectivity index (χ1v) is 6.20. The Hall–Kier alpha value is -0.770. The van der Waals surface area contributed by atoms with Crippen LogP contribution in [0.5, 0.6) is 0 Å². The molecule has 2 amide bonds. The smallest absolute Gasteiger partial charge is 0.317 e. The number of carbonyl (C=O) groups is 1. The second-order valence-corrected chi connectivity index (χ2v) is 5.05. The monoisotopic (exact) mass is 228 g/mol. The molecule has 4 nitrogen and oxygen atoms in total. The number of rotatable bonds is 3. The number of aliphatic hydroxyl groups is 1. The van der Waals surface area contributed by atoms with E-state index in [-0.39, 0.29) is 6.03 Å². The standard InChI is InChI=1S/C12H24N2O2/c1-9-6-4-5-7-11(9)13-12(16)14(3)8-10(2)15/h9-11,15H,4-8H2,1-3H3,(H,13,16). The first-order valence-electron chi connectivity index (χ1n) is 6.20. The van der Waals surface area contributed by atoms with Crippen LogP contribution in [0.25, 0.3) is 0 Å². The highest BCUT2D eigenvalue weighted by atomic mass is 16.3. The number of nitrogens with zero attached hydrogens (tertiary/aromatic N) is 1. The number of hydrogen-bond donors (Lipinski definition) is 2. The molecule has 4 heteroatoms. The van der Waals surface area contributed by atoms with Crippen LogP contribution in [0, 0.1) is 5.92 Å². The molecule has 0 saturated heterocycles. The van der Waals surface area contributed by atoms with Crippen LogP contribution < -0.4 is 5.32 Å². The quantitative estimate of drug-likeness (QED) is 0.770. The van der Waals surface area contributed by atoms with E-state index in [1.54, 1.807) is 18.9 Å². The van der Waals surface area contributed by atoms with Crippen LogP contribution in [0.3, 0.4) is 0 Å². The van der Waals surface area contributed by atoms with E-state index in [1.165, 1.54) is 19.3 Å². The van der Waals surface area contributed by atoms with Crippen molar-refractivity contribution in [3.63, 3.8) is 0 Å². The van der Waals surface area contributed by atoms with Crippen LogP contribution in [0.4, 0.5) is 4.79 Å². The van der Waals surface area contributed by atoms with Gasteiger partial charge >= 0.3 is 6.03 Å². The van der Waals surface area contributed by atoms with Crippen LogP contribution in [0.1, 0.15) is 39.5 Å². The van der Waals surface area contributed by atoms with Gasteiger partial charge in [-0.2, -0.15) is 0 Å². The molecular formula is C12H24N2O2. The summed E-state index contributed by atoms with van der Waals surface area (Å²) in [6, 6.07) is 0.234. The average molecular weight is 228 g/mol. The molecule has 0 aromatic carbocycles. The molecule has 0 aliphatic heterocycles. The van der Waals surface area contributed by atoms with E-state index >= 15 is 0 Å². The van der Waals surface area contributed by atoms with Crippen molar-refractivity contribution in [2.24, 2.45) is 5.92 Å². The van der Waals surface area contributed by atoms with Crippen molar-refractivity contribution < 1.29 is 9.90 Å². The third-order valence-electron chi connectivity index (χ3n) is 3.31. The number of urea groups is 1. The summed E-state index contributed by atoms with van der Waals surface area (Å²) in [6.07, 6.45) is 4.28. The van der Waals surface area contributed by atoms with Crippen molar-refractivity contribution in [1.82, 2.24) is 10.2 Å². The highest BCUT2D eigenvalue weighted by Crippen LogP contribution is 2.23.